The van der Waals surface area contributed by atoms with E-state index in [9.17, 15) is 0 Å². The van der Waals surface area contributed by atoms with E-state index in [1.54, 1.807) is 7.11 Å². The molecule has 0 bridgehead atoms. The summed E-state index contributed by atoms with van der Waals surface area (Å²) < 4.78 is 6.43. The number of ether oxygens (including phenoxy) is 1. The van der Waals surface area contributed by atoms with Gasteiger partial charge in [-0.05, 0) is 18.0 Å². The van der Waals surface area contributed by atoms with Crippen molar-refractivity contribution in [2.24, 2.45) is 0 Å². The number of rotatable bonds is 7. The Labute approximate surface area is 120 Å². The van der Waals surface area contributed by atoms with Gasteiger partial charge in [-0.25, -0.2) is 4.98 Å². The van der Waals surface area contributed by atoms with Crippen LogP contribution in [0.3, 0.4) is 0 Å². The summed E-state index contributed by atoms with van der Waals surface area (Å²) in [5, 5.41) is 16.0. The van der Waals surface area contributed by atoms with Crippen LogP contribution >= 0.6 is 11.6 Å². The number of aromatic nitrogens is 6. The average molecular weight is 300 g/mol. The van der Waals surface area contributed by atoms with Crippen molar-refractivity contribution in [3.05, 3.63) is 17.9 Å². The number of halogens is 1. The summed E-state index contributed by atoms with van der Waals surface area (Å²) in [6.45, 7) is 0.429. The number of hydrogen-bond donors (Lipinski definition) is 2. The van der Waals surface area contributed by atoms with Crippen LogP contribution in [-0.4, -0.2) is 61.2 Å². The predicted octanol–water partition coefficient (Wildman–Crippen LogP) is -0.0850. The molecule has 108 valence electrons. The second-order valence-electron chi connectivity index (χ2n) is 3.88. The molecule has 0 saturated heterocycles. The zero-order chi connectivity index (χ0) is 14.4. The van der Waals surface area contributed by atoms with Crippen molar-refractivity contribution in [1.82, 2.24) is 29.7 Å². The van der Waals surface area contributed by atoms with Gasteiger partial charge in [-0.1, -0.05) is 0 Å². The third-order valence-corrected chi connectivity index (χ3v) is 2.57. The number of methoxy groups -OCH3 is 1. The largest absolute Gasteiger partial charge is 0.396 e. The summed E-state index contributed by atoms with van der Waals surface area (Å²) in [6, 6.07) is -0.132. The lowest BCUT2D eigenvalue weighted by molar-refractivity contribution is 0.170. The lowest BCUT2D eigenvalue weighted by atomic mass is 10.2. The van der Waals surface area contributed by atoms with Gasteiger partial charge in [-0.2, -0.15) is 24.7 Å². The molecule has 0 aromatic carbocycles. The molecule has 0 saturated carbocycles. The molecule has 2 aromatic heterocycles. The number of nitrogens with zero attached hydrogens (tertiary/aromatic N) is 6. The highest BCUT2D eigenvalue weighted by atomic mass is 35.5. The summed E-state index contributed by atoms with van der Waals surface area (Å²) in [4.78, 5) is 15.9. The van der Waals surface area contributed by atoms with Crippen molar-refractivity contribution >= 4 is 17.5 Å². The van der Waals surface area contributed by atoms with Crippen molar-refractivity contribution < 1.29 is 9.84 Å². The second kappa shape index (κ2) is 7.08. The molecule has 0 radical (unpaired) electrons. The molecule has 2 heterocycles. The lowest BCUT2D eigenvalue weighted by Gasteiger charge is -2.16. The molecule has 0 amide bonds. The first-order valence-corrected chi connectivity index (χ1v) is 6.23. The molecule has 0 aliphatic carbocycles. The lowest BCUT2D eigenvalue weighted by Crippen LogP contribution is -2.27. The molecule has 20 heavy (non-hydrogen) atoms. The van der Waals surface area contributed by atoms with Gasteiger partial charge in [0.1, 0.15) is 12.7 Å². The topological polar surface area (TPSA) is 111 Å². The molecular weight excluding hydrogens is 286 g/mol. The quantitative estimate of drug-likeness (QED) is 0.730. The highest BCUT2D eigenvalue weighted by Crippen LogP contribution is 2.10. The Bertz CT molecular complexity index is 530. The van der Waals surface area contributed by atoms with Crippen LogP contribution in [0.5, 0.6) is 0 Å². The minimum Gasteiger partial charge on any atom is -0.396 e. The minimum atomic E-state index is -0.132. The van der Waals surface area contributed by atoms with Crippen molar-refractivity contribution in [3.8, 4) is 5.95 Å². The third kappa shape index (κ3) is 3.83. The van der Waals surface area contributed by atoms with E-state index in [0.717, 1.165) is 0 Å². The molecular formula is C10H14ClN7O2. The van der Waals surface area contributed by atoms with Gasteiger partial charge < -0.3 is 15.2 Å². The SMILES string of the molecule is COCC(CCO)Nc1nc(Cl)nc(-n2cncn2)n1. The molecule has 0 aliphatic heterocycles. The first-order chi connectivity index (χ1) is 9.72. The molecule has 9 nitrogen and oxygen atoms in total. The van der Waals surface area contributed by atoms with E-state index in [4.69, 9.17) is 21.4 Å². The van der Waals surface area contributed by atoms with Crippen LogP contribution in [0.25, 0.3) is 5.95 Å². The van der Waals surface area contributed by atoms with Gasteiger partial charge in [0, 0.05) is 13.7 Å². The van der Waals surface area contributed by atoms with Crippen molar-refractivity contribution in [1.29, 1.82) is 0 Å². The van der Waals surface area contributed by atoms with E-state index in [1.165, 1.54) is 17.3 Å². The standard InChI is InChI=1S/C10H14ClN7O2/c1-20-4-7(2-3-19)14-9-15-8(11)16-10(17-9)18-6-12-5-13-18/h5-7,19H,2-4H2,1H3,(H,14,15,16,17). The maximum absolute atomic E-state index is 9.00. The van der Waals surface area contributed by atoms with Crippen LogP contribution in [0.1, 0.15) is 6.42 Å². The Morgan fingerprint density at radius 3 is 2.95 bits per heavy atom. The number of aliphatic hydroxyl groups is 1. The van der Waals surface area contributed by atoms with Gasteiger partial charge in [-0.15, -0.1) is 0 Å². The van der Waals surface area contributed by atoms with E-state index in [1.807, 2.05) is 0 Å². The highest BCUT2D eigenvalue weighted by molar-refractivity contribution is 6.28. The Morgan fingerprint density at radius 2 is 2.30 bits per heavy atom. The molecule has 0 fully saturated rings. The van der Waals surface area contributed by atoms with Crippen molar-refractivity contribution in [3.63, 3.8) is 0 Å². The van der Waals surface area contributed by atoms with Crippen molar-refractivity contribution in [2.75, 3.05) is 25.6 Å². The summed E-state index contributed by atoms with van der Waals surface area (Å²) in [5.74, 6) is 0.538. The van der Waals surface area contributed by atoms with E-state index >= 15 is 0 Å². The molecule has 1 unspecified atom stereocenters. The first-order valence-electron chi connectivity index (χ1n) is 5.86. The molecule has 1 atom stereocenters. The van der Waals surface area contributed by atoms with Crippen LogP contribution < -0.4 is 5.32 Å². The molecule has 2 N–H and O–H groups in total. The summed E-state index contributed by atoms with van der Waals surface area (Å²) >= 11 is 5.86. The van der Waals surface area contributed by atoms with Gasteiger partial charge in [0.25, 0.3) is 5.95 Å². The Kier molecular flexibility index (Phi) is 5.16. The van der Waals surface area contributed by atoms with E-state index in [0.29, 0.717) is 13.0 Å². The summed E-state index contributed by atoms with van der Waals surface area (Å²) in [7, 11) is 1.58. The van der Waals surface area contributed by atoms with Gasteiger partial charge in [0.2, 0.25) is 11.2 Å². The Morgan fingerprint density at radius 1 is 1.45 bits per heavy atom. The van der Waals surface area contributed by atoms with Crippen LogP contribution in [-0.2, 0) is 4.74 Å². The summed E-state index contributed by atoms with van der Waals surface area (Å²) in [5.41, 5.74) is 0. The third-order valence-electron chi connectivity index (χ3n) is 2.40. The fraction of sp³-hybridized carbons (Fsp3) is 0.500. The van der Waals surface area contributed by atoms with E-state index < -0.39 is 0 Å². The zero-order valence-corrected chi connectivity index (χ0v) is 11.5. The van der Waals surface area contributed by atoms with E-state index in [-0.39, 0.29) is 29.8 Å². The molecule has 2 rings (SSSR count). The Hall–Kier alpha value is -1.84. The fourth-order valence-corrected chi connectivity index (χ4v) is 1.71. The van der Waals surface area contributed by atoms with Gasteiger partial charge in [0.15, 0.2) is 0 Å². The van der Waals surface area contributed by atoms with Crippen LogP contribution in [0.2, 0.25) is 5.28 Å². The molecule has 0 aliphatic rings. The zero-order valence-electron chi connectivity index (χ0n) is 10.8. The minimum absolute atomic E-state index is 0.0236. The summed E-state index contributed by atoms with van der Waals surface area (Å²) in [6.07, 6.45) is 3.32. The molecule has 2 aromatic rings. The maximum Gasteiger partial charge on any atom is 0.258 e. The van der Waals surface area contributed by atoms with Gasteiger partial charge in [0.05, 0.1) is 12.6 Å². The van der Waals surface area contributed by atoms with E-state index in [2.05, 4.69) is 30.4 Å². The monoisotopic (exact) mass is 299 g/mol. The highest BCUT2D eigenvalue weighted by Gasteiger charge is 2.12. The fourth-order valence-electron chi connectivity index (χ4n) is 1.55. The van der Waals surface area contributed by atoms with Gasteiger partial charge in [-0.3, -0.25) is 0 Å². The smallest absolute Gasteiger partial charge is 0.258 e. The number of aliphatic hydroxyl groups excluding tert-OH is 1. The number of anilines is 1. The van der Waals surface area contributed by atoms with Crippen molar-refractivity contribution in [2.45, 2.75) is 12.5 Å². The van der Waals surface area contributed by atoms with Crippen LogP contribution in [0.15, 0.2) is 12.7 Å². The predicted molar refractivity (Wildman–Crippen MR) is 70.7 cm³/mol. The first kappa shape index (κ1) is 14.6. The molecule has 0 spiro atoms. The molecule has 10 heteroatoms. The Balaban J connectivity index is 2.19. The second-order valence-corrected chi connectivity index (χ2v) is 4.22. The normalized spacial score (nSPS) is 12.3. The van der Waals surface area contributed by atoms with Gasteiger partial charge >= 0.3 is 0 Å². The number of hydrogen-bond acceptors (Lipinski definition) is 8. The number of nitrogens with one attached hydrogen (secondary N) is 1. The average Bonchev–Trinajstić information content (AvgIpc) is 2.92. The van der Waals surface area contributed by atoms with Crippen LogP contribution in [0.4, 0.5) is 5.95 Å². The van der Waals surface area contributed by atoms with Crippen LogP contribution in [0, 0.1) is 0 Å². The maximum atomic E-state index is 9.00.